The number of nitrogens with one attached hydrogen (secondary N) is 1. The van der Waals surface area contributed by atoms with Crippen LogP contribution >= 0.6 is 0 Å². The molecule has 0 bridgehead atoms. The molecule has 0 saturated heterocycles. The summed E-state index contributed by atoms with van der Waals surface area (Å²) < 4.78 is 0. The normalized spacial score (nSPS) is 21.8. The molecule has 2 rings (SSSR count). The number of benzene rings is 1. The molecular formula is C14H19NO3. The molecule has 3 N–H and O–H groups in total. The Bertz CT molecular complexity index is 468. The molecule has 18 heavy (non-hydrogen) atoms. The zero-order valence-corrected chi connectivity index (χ0v) is 10.7. The molecule has 0 aromatic heterocycles. The molecule has 0 spiro atoms. The van der Waals surface area contributed by atoms with Crippen molar-refractivity contribution in [2.75, 3.05) is 0 Å². The second kappa shape index (κ2) is 4.52. The summed E-state index contributed by atoms with van der Waals surface area (Å²) in [6.07, 6.45) is 3.02. The Morgan fingerprint density at radius 2 is 2.11 bits per heavy atom. The molecule has 4 heteroatoms. The van der Waals surface area contributed by atoms with Gasteiger partial charge in [0.1, 0.15) is 11.5 Å². The average Bonchev–Trinajstić information content (AvgIpc) is 2.57. The van der Waals surface area contributed by atoms with Crippen molar-refractivity contribution in [2.45, 2.75) is 39.2 Å². The SMILES string of the molecule is CC1(C)CCC(NC(=O)c2ccc(O)cc2O)C1. The number of aromatic hydroxyl groups is 2. The molecule has 98 valence electrons. The van der Waals surface area contributed by atoms with E-state index in [0.29, 0.717) is 0 Å². The molecule has 1 atom stereocenters. The summed E-state index contributed by atoms with van der Waals surface area (Å²) in [5, 5.41) is 21.7. The third kappa shape index (κ3) is 2.75. The minimum absolute atomic E-state index is 0.0500. The highest BCUT2D eigenvalue weighted by atomic mass is 16.3. The van der Waals surface area contributed by atoms with Crippen LogP contribution in [-0.4, -0.2) is 22.2 Å². The Morgan fingerprint density at radius 1 is 1.39 bits per heavy atom. The van der Waals surface area contributed by atoms with Crippen molar-refractivity contribution in [3.05, 3.63) is 23.8 Å². The van der Waals surface area contributed by atoms with E-state index in [1.807, 2.05) is 0 Å². The molecule has 0 aliphatic heterocycles. The average molecular weight is 249 g/mol. The quantitative estimate of drug-likeness (QED) is 0.753. The van der Waals surface area contributed by atoms with Gasteiger partial charge in [0.25, 0.3) is 5.91 Å². The van der Waals surface area contributed by atoms with E-state index < -0.39 is 0 Å². The molecule has 1 aromatic rings. The van der Waals surface area contributed by atoms with E-state index in [1.54, 1.807) is 0 Å². The van der Waals surface area contributed by atoms with Crippen LogP contribution in [0.3, 0.4) is 0 Å². The molecule has 1 saturated carbocycles. The van der Waals surface area contributed by atoms with Crippen LogP contribution in [0.25, 0.3) is 0 Å². The first-order valence-electron chi connectivity index (χ1n) is 6.20. The van der Waals surface area contributed by atoms with Crippen LogP contribution in [0.2, 0.25) is 0 Å². The first kappa shape index (κ1) is 12.7. The summed E-state index contributed by atoms with van der Waals surface area (Å²) in [6, 6.07) is 4.17. The van der Waals surface area contributed by atoms with Gasteiger partial charge in [0.15, 0.2) is 0 Å². The molecule has 0 radical (unpaired) electrons. The Kier molecular flexibility index (Phi) is 3.20. The Hall–Kier alpha value is -1.71. The maximum absolute atomic E-state index is 12.0. The predicted molar refractivity (Wildman–Crippen MR) is 68.7 cm³/mol. The number of phenolic OH excluding ortho intramolecular Hbond substituents is 2. The highest BCUT2D eigenvalue weighted by Gasteiger charge is 2.32. The molecule has 1 aliphatic rings. The summed E-state index contributed by atoms with van der Waals surface area (Å²) in [5.74, 6) is -0.522. The molecule has 0 heterocycles. The van der Waals surface area contributed by atoms with Crippen LogP contribution < -0.4 is 5.32 Å². The van der Waals surface area contributed by atoms with Crippen LogP contribution in [0.4, 0.5) is 0 Å². The van der Waals surface area contributed by atoms with E-state index in [1.165, 1.54) is 18.2 Å². The van der Waals surface area contributed by atoms with Crippen LogP contribution in [-0.2, 0) is 0 Å². The zero-order chi connectivity index (χ0) is 13.3. The molecule has 1 unspecified atom stereocenters. The van der Waals surface area contributed by atoms with Crippen molar-refractivity contribution in [3.63, 3.8) is 0 Å². The number of phenols is 2. The Labute approximate surface area is 107 Å². The van der Waals surface area contributed by atoms with Crippen molar-refractivity contribution in [1.82, 2.24) is 5.32 Å². The number of amides is 1. The van der Waals surface area contributed by atoms with E-state index in [0.717, 1.165) is 19.3 Å². The first-order valence-corrected chi connectivity index (χ1v) is 6.20. The molecule has 4 nitrogen and oxygen atoms in total. The highest BCUT2D eigenvalue weighted by Crippen LogP contribution is 2.37. The van der Waals surface area contributed by atoms with E-state index in [-0.39, 0.29) is 34.4 Å². The lowest BCUT2D eigenvalue weighted by atomic mass is 9.92. The second-order valence-electron chi connectivity index (χ2n) is 5.78. The standard InChI is InChI=1S/C14H19NO3/c1-14(2)6-5-9(8-14)15-13(18)11-4-3-10(16)7-12(11)17/h3-4,7,9,16-17H,5-6,8H2,1-2H3,(H,15,18). The largest absolute Gasteiger partial charge is 0.508 e. The van der Waals surface area contributed by atoms with Gasteiger partial charge in [-0.15, -0.1) is 0 Å². The fraction of sp³-hybridized carbons (Fsp3) is 0.500. The van der Waals surface area contributed by atoms with Gasteiger partial charge in [-0.2, -0.15) is 0 Å². The predicted octanol–water partition coefficient (Wildman–Crippen LogP) is 2.41. The monoisotopic (exact) mass is 249 g/mol. The van der Waals surface area contributed by atoms with Gasteiger partial charge in [-0.1, -0.05) is 13.8 Å². The van der Waals surface area contributed by atoms with Gasteiger partial charge in [-0.05, 0) is 36.8 Å². The maximum Gasteiger partial charge on any atom is 0.255 e. The summed E-state index contributed by atoms with van der Waals surface area (Å²) in [6.45, 7) is 4.38. The van der Waals surface area contributed by atoms with Gasteiger partial charge in [-0.25, -0.2) is 0 Å². The van der Waals surface area contributed by atoms with Gasteiger partial charge >= 0.3 is 0 Å². The van der Waals surface area contributed by atoms with Crippen molar-refractivity contribution in [2.24, 2.45) is 5.41 Å². The smallest absolute Gasteiger partial charge is 0.255 e. The molecule has 1 fully saturated rings. The van der Waals surface area contributed by atoms with Crippen LogP contribution in [0.15, 0.2) is 18.2 Å². The van der Waals surface area contributed by atoms with E-state index >= 15 is 0 Å². The van der Waals surface area contributed by atoms with Gasteiger partial charge in [-0.3, -0.25) is 4.79 Å². The van der Waals surface area contributed by atoms with Crippen molar-refractivity contribution < 1.29 is 15.0 Å². The Morgan fingerprint density at radius 3 is 2.67 bits per heavy atom. The summed E-state index contributed by atoms with van der Waals surface area (Å²) >= 11 is 0. The molecule has 1 amide bonds. The maximum atomic E-state index is 12.0. The number of carbonyl (C=O) groups excluding carboxylic acids is 1. The third-order valence-corrected chi connectivity index (χ3v) is 3.53. The highest BCUT2D eigenvalue weighted by molar-refractivity contribution is 5.97. The van der Waals surface area contributed by atoms with Crippen molar-refractivity contribution in [1.29, 1.82) is 0 Å². The second-order valence-corrected chi connectivity index (χ2v) is 5.78. The number of hydrogen-bond donors (Lipinski definition) is 3. The Balaban J connectivity index is 2.04. The number of rotatable bonds is 2. The van der Waals surface area contributed by atoms with Gasteiger partial charge in [0.2, 0.25) is 0 Å². The van der Waals surface area contributed by atoms with Crippen LogP contribution in [0, 0.1) is 5.41 Å². The summed E-state index contributed by atoms with van der Waals surface area (Å²) in [4.78, 5) is 12.0. The minimum Gasteiger partial charge on any atom is -0.508 e. The fourth-order valence-electron chi connectivity index (χ4n) is 2.53. The topological polar surface area (TPSA) is 69.6 Å². The van der Waals surface area contributed by atoms with Gasteiger partial charge < -0.3 is 15.5 Å². The third-order valence-electron chi connectivity index (χ3n) is 3.53. The van der Waals surface area contributed by atoms with Gasteiger partial charge in [0, 0.05) is 12.1 Å². The summed E-state index contributed by atoms with van der Waals surface area (Å²) in [5.41, 5.74) is 0.479. The van der Waals surface area contributed by atoms with E-state index in [9.17, 15) is 15.0 Å². The number of carbonyl (C=O) groups is 1. The lowest BCUT2D eigenvalue weighted by Crippen LogP contribution is -2.33. The first-order chi connectivity index (χ1) is 8.37. The minimum atomic E-state index is -0.282. The lowest BCUT2D eigenvalue weighted by molar-refractivity contribution is 0.0933. The zero-order valence-electron chi connectivity index (χ0n) is 10.7. The fourth-order valence-corrected chi connectivity index (χ4v) is 2.53. The summed E-state index contributed by atoms with van der Waals surface area (Å²) in [7, 11) is 0. The lowest BCUT2D eigenvalue weighted by Gasteiger charge is -2.18. The molecular weight excluding hydrogens is 230 g/mol. The van der Waals surface area contributed by atoms with E-state index in [4.69, 9.17) is 0 Å². The van der Waals surface area contributed by atoms with E-state index in [2.05, 4.69) is 19.2 Å². The molecule has 1 aromatic carbocycles. The molecule has 1 aliphatic carbocycles. The number of hydrogen-bond acceptors (Lipinski definition) is 3. The van der Waals surface area contributed by atoms with Crippen LogP contribution in [0.5, 0.6) is 11.5 Å². The van der Waals surface area contributed by atoms with Crippen molar-refractivity contribution >= 4 is 5.91 Å². The van der Waals surface area contributed by atoms with Gasteiger partial charge in [0.05, 0.1) is 5.56 Å². The van der Waals surface area contributed by atoms with Crippen LogP contribution in [0.1, 0.15) is 43.5 Å². The van der Waals surface area contributed by atoms with Crippen molar-refractivity contribution in [3.8, 4) is 11.5 Å².